The first-order valence-corrected chi connectivity index (χ1v) is 24.8. The van der Waals surface area contributed by atoms with E-state index in [-0.39, 0.29) is 57.4 Å². The van der Waals surface area contributed by atoms with Crippen LogP contribution in [0.25, 0.3) is 22.5 Å². The summed E-state index contributed by atoms with van der Waals surface area (Å²) < 4.78 is 219. The van der Waals surface area contributed by atoms with Crippen LogP contribution in [0.1, 0.15) is 0 Å². The number of rotatable bonds is 11. The van der Waals surface area contributed by atoms with Gasteiger partial charge in [0.15, 0.2) is 78.1 Å². The number of benzene rings is 4. The van der Waals surface area contributed by atoms with Gasteiger partial charge in [0.25, 0.3) is 0 Å². The van der Waals surface area contributed by atoms with Crippen molar-refractivity contribution in [3.05, 3.63) is 110 Å². The molecular weight excluding hydrogens is 1060 g/mol. The first-order chi connectivity index (χ1) is 33.1. The highest BCUT2D eigenvalue weighted by Crippen LogP contribution is 2.42. The number of piperazine rings is 2. The molecule has 8 rings (SSSR count). The SMILES string of the molecule is COc1cc(-c2csc(N3CCN(S(=O)(=O)c4c(F)c(F)c(F)c(F)c4F)CC3)n2)cc(OC)c1OC.O=S(=O)(c1c(F)c(F)c(F)c(F)c1F)N1CCN(c2nc(-c3ccc(Cl)c(F)c3)cs2)CC1. The van der Waals surface area contributed by atoms with E-state index in [9.17, 15) is 65.1 Å². The average molecular weight is 1090 g/mol. The van der Waals surface area contributed by atoms with Crippen molar-refractivity contribution in [3.8, 4) is 39.8 Å². The number of methoxy groups -OCH3 is 3. The quantitative estimate of drug-likeness (QED) is 0.0700. The normalized spacial score (nSPS) is 15.0. The lowest BCUT2D eigenvalue weighted by atomic mass is 10.1. The molecule has 2 aliphatic heterocycles. The zero-order valence-electron chi connectivity index (χ0n) is 35.9. The molecule has 0 saturated carbocycles. The average Bonchev–Trinajstić information content (AvgIpc) is 4.06. The summed E-state index contributed by atoms with van der Waals surface area (Å²) in [6.07, 6.45) is 0. The van der Waals surface area contributed by atoms with Crippen molar-refractivity contribution in [2.75, 3.05) is 83.5 Å². The first-order valence-electron chi connectivity index (χ1n) is 19.8. The van der Waals surface area contributed by atoms with E-state index in [2.05, 4.69) is 9.97 Å². The molecule has 2 aromatic heterocycles. The summed E-state index contributed by atoms with van der Waals surface area (Å²) in [7, 11) is -5.56. The van der Waals surface area contributed by atoms with Crippen molar-refractivity contribution in [1.29, 1.82) is 0 Å². The smallest absolute Gasteiger partial charge is 0.249 e. The number of thiazole rings is 2. The second kappa shape index (κ2) is 20.7. The molecule has 70 heavy (non-hydrogen) atoms. The van der Waals surface area contributed by atoms with Crippen LogP contribution < -0.4 is 24.0 Å². The number of hydrogen-bond donors (Lipinski definition) is 0. The molecule has 0 bridgehead atoms. The van der Waals surface area contributed by atoms with Crippen molar-refractivity contribution >= 4 is 64.6 Å². The second-order valence-corrected chi connectivity index (χ2v) is 20.5. The van der Waals surface area contributed by atoms with Crippen LogP contribution in [0, 0.1) is 64.0 Å². The Morgan fingerprint density at radius 1 is 0.500 bits per heavy atom. The Balaban J connectivity index is 0.000000208. The predicted molar refractivity (Wildman–Crippen MR) is 234 cm³/mol. The number of ether oxygens (including phenoxy) is 3. The summed E-state index contributed by atoms with van der Waals surface area (Å²) in [5.41, 5.74) is 2.19. The Morgan fingerprint density at radius 3 is 1.20 bits per heavy atom. The highest BCUT2D eigenvalue weighted by molar-refractivity contribution is 7.89. The largest absolute Gasteiger partial charge is 0.493 e. The maximum atomic E-state index is 14.1. The van der Waals surface area contributed by atoms with Gasteiger partial charge in [-0.05, 0) is 24.3 Å². The van der Waals surface area contributed by atoms with Gasteiger partial charge in [0, 0.05) is 74.2 Å². The van der Waals surface area contributed by atoms with Gasteiger partial charge in [-0.3, -0.25) is 0 Å². The van der Waals surface area contributed by atoms with Crippen LogP contribution in [0.15, 0.2) is 50.9 Å². The Bertz CT molecular complexity index is 3130. The highest BCUT2D eigenvalue weighted by Gasteiger charge is 2.40. The van der Waals surface area contributed by atoms with E-state index in [0.717, 1.165) is 0 Å². The number of sulfonamides is 2. The molecule has 2 saturated heterocycles. The third kappa shape index (κ3) is 9.77. The molecule has 0 unspecified atom stereocenters. The van der Waals surface area contributed by atoms with Crippen LogP contribution in [0.4, 0.5) is 58.6 Å². The van der Waals surface area contributed by atoms with E-state index >= 15 is 0 Å². The molecule has 4 aromatic carbocycles. The Hall–Kier alpha value is -5.52. The van der Waals surface area contributed by atoms with Crippen LogP contribution in [-0.2, 0) is 20.0 Å². The van der Waals surface area contributed by atoms with E-state index in [0.29, 0.717) is 58.6 Å². The van der Waals surface area contributed by atoms with E-state index in [1.807, 2.05) is 0 Å². The van der Waals surface area contributed by atoms with E-state index in [4.69, 9.17) is 25.8 Å². The van der Waals surface area contributed by atoms with Gasteiger partial charge in [-0.1, -0.05) is 17.7 Å². The summed E-state index contributed by atoms with van der Waals surface area (Å²) in [6.45, 7) is -0.888. The van der Waals surface area contributed by atoms with Gasteiger partial charge < -0.3 is 24.0 Å². The Kier molecular flexibility index (Phi) is 15.4. The van der Waals surface area contributed by atoms with Crippen molar-refractivity contribution in [3.63, 3.8) is 0 Å². The third-order valence-corrected chi connectivity index (χ3v) is 16.7. The molecular formula is C41H32ClF11N6O7S4. The maximum Gasteiger partial charge on any atom is 0.249 e. The van der Waals surface area contributed by atoms with E-state index in [1.54, 1.807) is 38.8 Å². The fraction of sp³-hybridized carbons (Fsp3) is 0.268. The van der Waals surface area contributed by atoms with Gasteiger partial charge >= 0.3 is 0 Å². The fourth-order valence-electron chi connectivity index (χ4n) is 7.09. The number of hydrogen-bond acceptors (Lipinski definition) is 13. The molecule has 0 amide bonds. The molecule has 29 heteroatoms. The number of nitrogens with zero attached hydrogens (tertiary/aromatic N) is 6. The summed E-state index contributed by atoms with van der Waals surface area (Å²) in [5.74, 6) is -23.1. The van der Waals surface area contributed by atoms with Crippen LogP contribution in [0.5, 0.6) is 17.2 Å². The van der Waals surface area contributed by atoms with Crippen molar-refractivity contribution < 1.29 is 79.3 Å². The first kappa shape index (κ1) is 52.3. The summed E-state index contributed by atoms with van der Waals surface area (Å²) in [5, 5.41) is 4.41. The minimum absolute atomic E-state index is 0.0383. The van der Waals surface area contributed by atoms with Crippen molar-refractivity contribution in [2.24, 2.45) is 0 Å². The van der Waals surface area contributed by atoms with Gasteiger partial charge in [-0.15, -0.1) is 22.7 Å². The topological polar surface area (TPSA) is 135 Å². The number of anilines is 2. The molecule has 376 valence electrons. The Labute approximate surface area is 403 Å². The zero-order chi connectivity index (χ0) is 51.1. The fourth-order valence-corrected chi connectivity index (χ4v) is 12.1. The summed E-state index contributed by atoms with van der Waals surface area (Å²) >= 11 is 8.16. The zero-order valence-corrected chi connectivity index (χ0v) is 39.9. The van der Waals surface area contributed by atoms with Crippen LogP contribution in [-0.4, -0.2) is 109 Å². The molecule has 0 radical (unpaired) electrons. The van der Waals surface area contributed by atoms with Crippen molar-refractivity contribution in [1.82, 2.24) is 18.6 Å². The summed E-state index contributed by atoms with van der Waals surface area (Å²) in [6, 6.07) is 7.62. The van der Waals surface area contributed by atoms with Crippen molar-refractivity contribution in [2.45, 2.75) is 9.79 Å². The molecule has 0 aliphatic carbocycles. The highest BCUT2D eigenvalue weighted by atomic mass is 35.5. The number of halogens is 12. The minimum Gasteiger partial charge on any atom is -0.493 e. The maximum absolute atomic E-state index is 14.1. The van der Waals surface area contributed by atoms with Gasteiger partial charge in [0.1, 0.15) is 5.82 Å². The lowest BCUT2D eigenvalue weighted by Crippen LogP contribution is -2.49. The molecule has 6 aromatic rings. The third-order valence-electron chi connectivity index (χ3n) is 10.7. The molecule has 13 nitrogen and oxygen atoms in total. The van der Waals surface area contributed by atoms with Gasteiger partial charge in [0.05, 0.1) is 37.7 Å². The molecule has 0 N–H and O–H groups in total. The van der Waals surface area contributed by atoms with E-state index in [1.165, 1.54) is 56.1 Å². The van der Waals surface area contributed by atoms with Gasteiger partial charge in [-0.25, -0.2) is 75.1 Å². The molecule has 2 aliphatic rings. The lowest BCUT2D eigenvalue weighted by molar-refractivity contribution is 0.324. The molecule has 2 fully saturated rings. The minimum atomic E-state index is -5.00. The van der Waals surface area contributed by atoms with Gasteiger partial charge in [0.2, 0.25) is 37.4 Å². The van der Waals surface area contributed by atoms with Crippen LogP contribution in [0.2, 0.25) is 5.02 Å². The van der Waals surface area contributed by atoms with Crippen LogP contribution >= 0.6 is 34.3 Å². The second-order valence-electron chi connectivity index (χ2n) is 14.7. The Morgan fingerprint density at radius 2 is 0.857 bits per heavy atom. The lowest BCUT2D eigenvalue weighted by Gasteiger charge is -2.33. The van der Waals surface area contributed by atoms with Crippen LogP contribution in [0.3, 0.4) is 0 Å². The predicted octanol–water partition coefficient (Wildman–Crippen LogP) is 8.85. The number of aromatic nitrogens is 2. The van der Waals surface area contributed by atoms with E-state index < -0.39 is 93.8 Å². The summed E-state index contributed by atoms with van der Waals surface area (Å²) in [4.78, 5) is 8.65. The molecule has 4 heterocycles. The molecule has 0 atom stereocenters. The molecule has 0 spiro atoms. The monoisotopic (exact) mass is 1090 g/mol. The van der Waals surface area contributed by atoms with Gasteiger partial charge in [-0.2, -0.15) is 8.61 Å². The standard InChI is InChI=1S/C22H20F5N3O5S2.C19H12ClF6N3O2S2/c1-33-13-8-11(9-14(34-2)20(13)35-3)12-10-36-22(28-12)29-4-6-30(7-5-29)37(31,32)21-18(26)16(24)15(23)17(25)19(21)27;20-10-2-1-9(7-11(10)21)12-8-32-19(27-12)28-3-5-29(6-4-28)33(30,31)18-16(25)14(23)13(22)15(24)17(18)26/h8-10H,4-7H2,1-3H3;1-2,7-8H,3-6H2.